The van der Waals surface area contributed by atoms with Crippen molar-refractivity contribution in [1.82, 2.24) is 0 Å². The third-order valence-electron chi connectivity index (χ3n) is 3.97. The van der Waals surface area contributed by atoms with Crippen LogP contribution in [-0.4, -0.2) is 0 Å². The Bertz CT molecular complexity index is 393. The Morgan fingerprint density at radius 1 is 0.895 bits per heavy atom. The van der Waals surface area contributed by atoms with Gasteiger partial charge in [0, 0.05) is 0 Å². The van der Waals surface area contributed by atoms with Gasteiger partial charge in [0.25, 0.3) is 0 Å². The average molecular weight is 256 g/mol. The maximum atomic E-state index is 2.39. The second kappa shape index (κ2) is 7.99. The predicted molar refractivity (Wildman–Crippen MR) is 85.8 cm³/mol. The van der Waals surface area contributed by atoms with Crippen molar-refractivity contribution >= 4 is 0 Å². The minimum atomic E-state index is 0.280. The summed E-state index contributed by atoms with van der Waals surface area (Å²) in [4.78, 5) is 0. The Kier molecular flexibility index (Phi) is 6.62. The topological polar surface area (TPSA) is 0 Å². The fourth-order valence-electron chi connectivity index (χ4n) is 2.23. The molecular weight excluding hydrogens is 228 g/mol. The molecule has 104 valence electrons. The van der Waals surface area contributed by atoms with Gasteiger partial charge in [0.05, 0.1) is 0 Å². The molecule has 19 heavy (non-hydrogen) atoms. The van der Waals surface area contributed by atoms with Gasteiger partial charge in [0.1, 0.15) is 0 Å². The van der Waals surface area contributed by atoms with E-state index < -0.39 is 0 Å². The maximum Gasteiger partial charge on any atom is -0.00778 e. The first-order chi connectivity index (χ1) is 9.08. The monoisotopic (exact) mass is 256 g/mol. The van der Waals surface area contributed by atoms with Gasteiger partial charge in [-0.25, -0.2) is 0 Å². The van der Waals surface area contributed by atoms with Gasteiger partial charge >= 0.3 is 0 Å². The Morgan fingerprint density at radius 3 is 1.79 bits per heavy atom. The van der Waals surface area contributed by atoms with Crippen molar-refractivity contribution in [2.45, 2.75) is 52.4 Å². The molecule has 0 radical (unpaired) electrons. The van der Waals surface area contributed by atoms with E-state index in [-0.39, 0.29) is 5.41 Å². The van der Waals surface area contributed by atoms with E-state index in [0.29, 0.717) is 0 Å². The molecule has 0 nitrogen and oxygen atoms in total. The predicted octanol–water partition coefficient (Wildman–Crippen LogP) is 5.91. The summed E-state index contributed by atoms with van der Waals surface area (Å²) < 4.78 is 0. The Hall–Kier alpha value is -1.30. The van der Waals surface area contributed by atoms with Gasteiger partial charge in [0.15, 0.2) is 0 Å². The molecule has 0 saturated carbocycles. The van der Waals surface area contributed by atoms with Gasteiger partial charge in [-0.1, -0.05) is 88.7 Å². The van der Waals surface area contributed by atoms with E-state index in [1.54, 1.807) is 0 Å². The fraction of sp³-hybridized carbons (Fsp3) is 0.474. The summed E-state index contributed by atoms with van der Waals surface area (Å²) >= 11 is 0. The molecule has 0 heterocycles. The van der Waals surface area contributed by atoms with E-state index in [0.717, 1.165) is 5.92 Å². The zero-order valence-corrected chi connectivity index (χ0v) is 12.9. The highest BCUT2D eigenvalue weighted by molar-refractivity contribution is 5.22. The molecule has 0 amide bonds. The van der Waals surface area contributed by atoms with Crippen LogP contribution < -0.4 is 0 Å². The van der Waals surface area contributed by atoms with Crippen LogP contribution in [0.2, 0.25) is 0 Å². The molecule has 1 unspecified atom stereocenters. The first kappa shape index (κ1) is 15.8. The van der Waals surface area contributed by atoms with Crippen LogP contribution in [0.5, 0.6) is 0 Å². The van der Waals surface area contributed by atoms with Crippen molar-refractivity contribution in [3.8, 4) is 0 Å². The molecule has 0 aliphatic carbocycles. The molecule has 1 atom stereocenters. The first-order valence-corrected chi connectivity index (χ1v) is 7.47. The number of hydrogen-bond acceptors (Lipinski definition) is 0. The second-order valence-electron chi connectivity index (χ2n) is 5.98. The second-order valence-corrected chi connectivity index (χ2v) is 5.98. The van der Waals surface area contributed by atoms with Gasteiger partial charge in [-0.15, -0.1) is 0 Å². The van der Waals surface area contributed by atoms with Gasteiger partial charge in [-0.3, -0.25) is 0 Å². The van der Waals surface area contributed by atoms with Crippen LogP contribution in [0.4, 0.5) is 0 Å². The van der Waals surface area contributed by atoms with E-state index in [9.17, 15) is 0 Å². The summed E-state index contributed by atoms with van der Waals surface area (Å²) in [5.74, 6) is 0.772. The molecule has 0 fully saturated rings. The minimum absolute atomic E-state index is 0.280. The van der Waals surface area contributed by atoms with Gasteiger partial charge in [-0.2, -0.15) is 0 Å². The minimum Gasteiger partial charge on any atom is -0.0645 e. The van der Waals surface area contributed by atoms with E-state index in [4.69, 9.17) is 0 Å². The normalized spacial score (nSPS) is 13.7. The molecule has 1 aromatic carbocycles. The maximum absolute atomic E-state index is 2.39. The molecule has 0 bridgehead atoms. The van der Waals surface area contributed by atoms with Crippen LogP contribution in [0.15, 0.2) is 54.6 Å². The standard InChI is InChI=1S/C19H28/c1-5-19(4,16-15-17(2)3)18-13-11-9-7-6-8-10-12-14-18/h6-14,17H,5,15-16H2,1-4H3. The van der Waals surface area contributed by atoms with Crippen LogP contribution in [-0.2, 0) is 5.41 Å². The molecule has 0 aliphatic rings. The zero-order valence-electron chi connectivity index (χ0n) is 12.9. The van der Waals surface area contributed by atoms with E-state index in [2.05, 4.69) is 82.3 Å². The molecule has 1 rings (SSSR count). The molecule has 1 aromatic rings. The fourth-order valence-corrected chi connectivity index (χ4v) is 2.23. The van der Waals surface area contributed by atoms with Crippen molar-refractivity contribution in [1.29, 1.82) is 0 Å². The van der Waals surface area contributed by atoms with Crippen molar-refractivity contribution in [2.24, 2.45) is 5.92 Å². The van der Waals surface area contributed by atoms with Crippen molar-refractivity contribution < 1.29 is 0 Å². The highest BCUT2D eigenvalue weighted by atomic mass is 14.3. The highest BCUT2D eigenvalue weighted by Crippen LogP contribution is 2.33. The molecule has 0 aliphatic heterocycles. The van der Waals surface area contributed by atoms with Crippen LogP contribution in [0.1, 0.15) is 52.5 Å². The highest BCUT2D eigenvalue weighted by Gasteiger charge is 2.23. The lowest BCUT2D eigenvalue weighted by Gasteiger charge is -2.29. The summed E-state index contributed by atoms with van der Waals surface area (Å²) in [5, 5.41) is 0. The van der Waals surface area contributed by atoms with Crippen molar-refractivity contribution in [3.63, 3.8) is 0 Å². The van der Waals surface area contributed by atoms with E-state index in [1.165, 1.54) is 24.8 Å². The molecule has 0 heteroatoms. The largest absolute Gasteiger partial charge is 0.0645 e. The Balaban J connectivity index is 3.09. The third-order valence-corrected chi connectivity index (χ3v) is 3.97. The van der Waals surface area contributed by atoms with E-state index in [1.807, 2.05) is 0 Å². The quantitative estimate of drug-likeness (QED) is 0.614. The Labute approximate surface area is 119 Å². The lowest BCUT2D eigenvalue weighted by Crippen LogP contribution is -2.21. The number of hydrogen-bond donors (Lipinski definition) is 0. The summed E-state index contributed by atoms with van der Waals surface area (Å²) in [6.45, 7) is 9.31. The summed E-state index contributed by atoms with van der Waals surface area (Å²) in [5.41, 5.74) is 1.72. The molecule has 0 N–H and O–H groups in total. The SMILES string of the molecule is CCC(C)(CCC(C)C)c1ccccccccc1. The smallest absolute Gasteiger partial charge is 0.00778 e. The van der Waals surface area contributed by atoms with Crippen molar-refractivity contribution in [2.75, 3.05) is 0 Å². The lowest BCUT2D eigenvalue weighted by atomic mass is 9.75. The van der Waals surface area contributed by atoms with Gasteiger partial charge in [-0.05, 0) is 29.7 Å². The van der Waals surface area contributed by atoms with Crippen LogP contribution in [0.3, 0.4) is 0 Å². The molecule has 0 aromatic heterocycles. The van der Waals surface area contributed by atoms with Crippen LogP contribution in [0, 0.1) is 5.92 Å². The van der Waals surface area contributed by atoms with Crippen molar-refractivity contribution in [3.05, 3.63) is 60.2 Å². The lowest BCUT2D eigenvalue weighted by molar-refractivity contribution is 0.373. The zero-order chi connectivity index (χ0) is 14.1. The molecule has 0 saturated heterocycles. The van der Waals surface area contributed by atoms with Gasteiger partial charge in [0.2, 0.25) is 0 Å². The number of rotatable bonds is 5. The first-order valence-electron chi connectivity index (χ1n) is 7.47. The van der Waals surface area contributed by atoms with Crippen LogP contribution >= 0.6 is 0 Å². The Morgan fingerprint density at radius 2 is 1.37 bits per heavy atom. The molecule has 0 spiro atoms. The van der Waals surface area contributed by atoms with Crippen LogP contribution in [0.25, 0.3) is 0 Å². The summed E-state index contributed by atoms with van der Waals surface area (Å²) in [7, 11) is 0. The molecular formula is C19H28. The van der Waals surface area contributed by atoms with E-state index >= 15 is 0 Å². The summed E-state index contributed by atoms with van der Waals surface area (Å²) in [6.07, 6.45) is 3.73. The summed E-state index contributed by atoms with van der Waals surface area (Å²) in [6, 6.07) is 19.2. The average Bonchev–Trinajstić information content (AvgIpc) is 2.42. The van der Waals surface area contributed by atoms with Gasteiger partial charge < -0.3 is 0 Å². The third kappa shape index (κ3) is 5.46.